The van der Waals surface area contributed by atoms with E-state index in [1.807, 2.05) is 0 Å². The third-order valence-corrected chi connectivity index (χ3v) is 2.80. The normalized spacial score (nSPS) is 27.8. The van der Waals surface area contributed by atoms with Crippen LogP contribution in [0.5, 0.6) is 0 Å². The molecule has 0 amide bonds. The fraction of sp³-hybridized carbons (Fsp3) is 1.00. The van der Waals surface area contributed by atoms with Gasteiger partial charge in [-0.15, -0.1) is 0 Å². The molecule has 0 bridgehead atoms. The van der Waals surface area contributed by atoms with Gasteiger partial charge in [-0.3, -0.25) is 4.84 Å². The summed E-state index contributed by atoms with van der Waals surface area (Å²) >= 11 is 0. The molecule has 1 saturated heterocycles. The zero-order valence-corrected chi connectivity index (χ0v) is 7.59. The van der Waals surface area contributed by atoms with E-state index in [-0.39, 0.29) is 5.54 Å². The number of nitrogens with two attached hydrogens (primary N) is 1. The second-order valence-electron chi connectivity index (χ2n) is 4.08. The van der Waals surface area contributed by atoms with Crippen LogP contribution in [-0.4, -0.2) is 30.3 Å². The van der Waals surface area contributed by atoms with Crippen LogP contribution in [0.4, 0.5) is 0 Å². The molecule has 1 aliphatic carbocycles. The summed E-state index contributed by atoms with van der Waals surface area (Å²) in [5, 5.41) is 2.08. The van der Waals surface area contributed by atoms with Gasteiger partial charge in [-0.1, -0.05) is 0 Å². The molecule has 0 radical (unpaired) electrons. The molecule has 70 valence electrons. The number of rotatable bonds is 4. The van der Waals surface area contributed by atoms with E-state index in [2.05, 4.69) is 5.06 Å². The van der Waals surface area contributed by atoms with Crippen molar-refractivity contribution in [1.29, 1.82) is 0 Å². The Morgan fingerprint density at radius 2 is 2.25 bits per heavy atom. The number of hydrogen-bond acceptors (Lipinski definition) is 3. The van der Waals surface area contributed by atoms with Gasteiger partial charge in [0.25, 0.3) is 0 Å². The van der Waals surface area contributed by atoms with Crippen molar-refractivity contribution in [3.63, 3.8) is 0 Å². The summed E-state index contributed by atoms with van der Waals surface area (Å²) in [4.78, 5) is 5.38. The highest BCUT2D eigenvalue weighted by atomic mass is 16.7. The molecule has 0 atom stereocenters. The van der Waals surface area contributed by atoms with Gasteiger partial charge < -0.3 is 5.73 Å². The first kappa shape index (κ1) is 8.48. The van der Waals surface area contributed by atoms with Crippen LogP contribution in [0.1, 0.15) is 32.1 Å². The van der Waals surface area contributed by atoms with E-state index < -0.39 is 0 Å². The molecule has 0 aromatic carbocycles. The van der Waals surface area contributed by atoms with Gasteiger partial charge in [0.05, 0.1) is 6.61 Å². The maximum Gasteiger partial charge on any atom is 0.0698 e. The average molecular weight is 170 g/mol. The van der Waals surface area contributed by atoms with Gasteiger partial charge in [-0.2, -0.15) is 5.06 Å². The van der Waals surface area contributed by atoms with Gasteiger partial charge >= 0.3 is 0 Å². The topological polar surface area (TPSA) is 38.5 Å². The van der Waals surface area contributed by atoms with Gasteiger partial charge in [0, 0.05) is 18.6 Å². The lowest BCUT2D eigenvalue weighted by molar-refractivity contribution is -0.110. The molecule has 1 saturated carbocycles. The molecule has 0 aromatic rings. The van der Waals surface area contributed by atoms with Gasteiger partial charge in [0.2, 0.25) is 0 Å². The van der Waals surface area contributed by atoms with E-state index in [0.717, 1.165) is 19.7 Å². The highest BCUT2D eigenvalue weighted by molar-refractivity contribution is 4.98. The quantitative estimate of drug-likeness (QED) is 0.681. The Bertz CT molecular complexity index is 151. The highest BCUT2D eigenvalue weighted by Gasteiger charge is 2.37. The Balaban J connectivity index is 1.56. The van der Waals surface area contributed by atoms with Gasteiger partial charge in [0.15, 0.2) is 0 Å². The van der Waals surface area contributed by atoms with Crippen LogP contribution in [0.25, 0.3) is 0 Å². The lowest BCUT2D eigenvalue weighted by Crippen LogP contribution is -2.25. The Morgan fingerprint density at radius 3 is 2.83 bits per heavy atom. The predicted octanol–water partition coefficient (Wildman–Crippen LogP) is 0.895. The summed E-state index contributed by atoms with van der Waals surface area (Å²) in [5.41, 5.74) is 6.19. The summed E-state index contributed by atoms with van der Waals surface area (Å²) in [7, 11) is 0. The van der Waals surface area contributed by atoms with Crippen LogP contribution < -0.4 is 5.73 Å². The van der Waals surface area contributed by atoms with Crippen molar-refractivity contribution in [2.75, 3.05) is 19.7 Å². The minimum absolute atomic E-state index is 0.222. The third kappa shape index (κ3) is 2.19. The van der Waals surface area contributed by atoms with Crippen molar-refractivity contribution >= 4 is 0 Å². The monoisotopic (exact) mass is 170 g/mol. The minimum Gasteiger partial charge on any atom is -0.325 e. The first-order chi connectivity index (χ1) is 5.79. The van der Waals surface area contributed by atoms with Crippen LogP contribution in [0.2, 0.25) is 0 Å². The van der Waals surface area contributed by atoms with Crippen LogP contribution in [0.3, 0.4) is 0 Å². The van der Waals surface area contributed by atoms with E-state index in [1.54, 1.807) is 0 Å². The first-order valence-electron chi connectivity index (χ1n) is 4.95. The minimum atomic E-state index is 0.222. The second kappa shape index (κ2) is 3.32. The number of hydroxylamine groups is 2. The van der Waals surface area contributed by atoms with E-state index in [1.165, 1.54) is 32.1 Å². The fourth-order valence-electron chi connectivity index (χ4n) is 1.69. The molecule has 2 N–H and O–H groups in total. The summed E-state index contributed by atoms with van der Waals surface area (Å²) < 4.78 is 0. The maximum atomic E-state index is 5.97. The van der Waals surface area contributed by atoms with Crippen LogP contribution in [0.15, 0.2) is 0 Å². The van der Waals surface area contributed by atoms with Crippen molar-refractivity contribution in [2.24, 2.45) is 5.73 Å². The molecule has 2 rings (SSSR count). The van der Waals surface area contributed by atoms with E-state index in [9.17, 15) is 0 Å². The Hall–Kier alpha value is -0.120. The molecule has 12 heavy (non-hydrogen) atoms. The summed E-state index contributed by atoms with van der Waals surface area (Å²) in [6, 6.07) is 0. The predicted molar refractivity (Wildman–Crippen MR) is 47.5 cm³/mol. The first-order valence-corrected chi connectivity index (χ1v) is 4.95. The third-order valence-electron chi connectivity index (χ3n) is 2.80. The smallest absolute Gasteiger partial charge is 0.0698 e. The molecule has 0 unspecified atom stereocenters. The van der Waals surface area contributed by atoms with Crippen molar-refractivity contribution in [3.8, 4) is 0 Å². The van der Waals surface area contributed by atoms with Gasteiger partial charge in [0.1, 0.15) is 0 Å². The van der Waals surface area contributed by atoms with Crippen molar-refractivity contribution < 1.29 is 4.84 Å². The molecule has 1 heterocycles. The lowest BCUT2D eigenvalue weighted by Gasteiger charge is -2.14. The number of hydrogen-bond donors (Lipinski definition) is 1. The van der Waals surface area contributed by atoms with E-state index in [4.69, 9.17) is 10.6 Å². The Kier molecular flexibility index (Phi) is 2.35. The summed E-state index contributed by atoms with van der Waals surface area (Å²) in [5.74, 6) is 0. The van der Waals surface area contributed by atoms with Gasteiger partial charge in [-0.25, -0.2) is 0 Å². The summed E-state index contributed by atoms with van der Waals surface area (Å²) in [6.45, 7) is 3.09. The molecule has 3 heteroatoms. The Morgan fingerprint density at radius 1 is 1.42 bits per heavy atom. The van der Waals surface area contributed by atoms with E-state index >= 15 is 0 Å². The van der Waals surface area contributed by atoms with Crippen LogP contribution >= 0.6 is 0 Å². The van der Waals surface area contributed by atoms with Crippen LogP contribution in [0, 0.1) is 0 Å². The van der Waals surface area contributed by atoms with Crippen molar-refractivity contribution in [1.82, 2.24) is 5.06 Å². The molecular formula is C9H18N2O. The molecule has 2 fully saturated rings. The average Bonchev–Trinajstić information content (AvgIpc) is 2.61. The number of nitrogens with zero attached hydrogens (tertiary/aromatic N) is 1. The largest absolute Gasteiger partial charge is 0.325 e. The highest BCUT2D eigenvalue weighted by Crippen LogP contribution is 2.36. The molecule has 0 aromatic heterocycles. The molecule has 3 nitrogen and oxygen atoms in total. The zero-order chi connectivity index (χ0) is 8.44. The molecule has 1 aliphatic heterocycles. The van der Waals surface area contributed by atoms with Crippen molar-refractivity contribution in [3.05, 3.63) is 0 Å². The van der Waals surface area contributed by atoms with E-state index in [0.29, 0.717) is 0 Å². The maximum absolute atomic E-state index is 5.97. The molecular weight excluding hydrogens is 152 g/mol. The Labute approximate surface area is 73.8 Å². The SMILES string of the molecule is NC1(CCCN2CCCO2)CC1. The molecule has 0 spiro atoms. The second-order valence-corrected chi connectivity index (χ2v) is 4.08. The lowest BCUT2D eigenvalue weighted by atomic mass is 10.1. The van der Waals surface area contributed by atoms with Crippen LogP contribution in [-0.2, 0) is 4.84 Å². The van der Waals surface area contributed by atoms with Gasteiger partial charge in [-0.05, 0) is 32.1 Å². The van der Waals surface area contributed by atoms with Crippen molar-refractivity contribution in [2.45, 2.75) is 37.6 Å². The summed E-state index contributed by atoms with van der Waals surface area (Å²) in [6.07, 6.45) is 6.01. The fourth-order valence-corrected chi connectivity index (χ4v) is 1.69. The molecule has 2 aliphatic rings. The standard InChI is InChI=1S/C9H18N2O/c10-9(4-5-9)3-1-6-11-7-2-8-12-11/h1-8,10H2. The zero-order valence-electron chi connectivity index (χ0n) is 7.59.